The molecule has 0 bridgehead atoms. The average molecular weight is 296 g/mol. The van der Waals surface area contributed by atoms with Gasteiger partial charge in [-0.05, 0) is 38.3 Å². The Morgan fingerprint density at radius 3 is 2.50 bits per heavy atom. The summed E-state index contributed by atoms with van der Waals surface area (Å²) in [5.74, 6) is 0. The molecule has 1 aromatic carbocycles. The molecule has 20 heavy (non-hydrogen) atoms. The van der Waals surface area contributed by atoms with Crippen LogP contribution in [-0.4, -0.2) is 20.5 Å². The molecule has 5 heteroatoms. The molecule has 0 aromatic heterocycles. The van der Waals surface area contributed by atoms with E-state index in [1.807, 2.05) is 19.1 Å². The molecule has 0 radical (unpaired) electrons. The Bertz CT molecular complexity index is 549. The Morgan fingerprint density at radius 1 is 1.20 bits per heavy atom. The Labute approximate surface area is 122 Å². The minimum atomic E-state index is -3.43. The summed E-state index contributed by atoms with van der Waals surface area (Å²) in [6.07, 6.45) is 5.36. The second-order valence-corrected chi connectivity index (χ2v) is 7.52. The van der Waals surface area contributed by atoms with Crippen LogP contribution < -0.4 is 10.0 Å². The third kappa shape index (κ3) is 3.52. The van der Waals surface area contributed by atoms with E-state index in [-0.39, 0.29) is 5.54 Å². The summed E-state index contributed by atoms with van der Waals surface area (Å²) in [4.78, 5) is 0.349. The maximum absolute atomic E-state index is 12.3. The van der Waals surface area contributed by atoms with Crippen LogP contribution in [0.3, 0.4) is 0 Å². The quantitative estimate of drug-likeness (QED) is 0.848. The Hall–Kier alpha value is -1.07. The highest BCUT2D eigenvalue weighted by molar-refractivity contribution is 7.89. The summed E-state index contributed by atoms with van der Waals surface area (Å²) in [5.41, 5.74) is 0.719. The number of rotatable bonds is 6. The van der Waals surface area contributed by atoms with E-state index < -0.39 is 10.0 Å². The molecule has 0 unspecified atom stereocenters. The van der Waals surface area contributed by atoms with Crippen LogP contribution in [0.25, 0.3) is 0 Å². The van der Waals surface area contributed by atoms with Crippen molar-refractivity contribution in [3.63, 3.8) is 0 Å². The smallest absolute Gasteiger partial charge is 0.242 e. The fraction of sp³-hybridized carbons (Fsp3) is 0.600. The van der Waals surface area contributed by atoms with Crippen molar-refractivity contribution in [2.75, 3.05) is 11.9 Å². The van der Waals surface area contributed by atoms with Gasteiger partial charge in [-0.15, -0.1) is 0 Å². The molecule has 1 aliphatic carbocycles. The van der Waals surface area contributed by atoms with Gasteiger partial charge in [0, 0.05) is 12.1 Å². The van der Waals surface area contributed by atoms with Crippen LogP contribution in [0.4, 0.5) is 5.69 Å². The van der Waals surface area contributed by atoms with Crippen LogP contribution >= 0.6 is 0 Å². The van der Waals surface area contributed by atoms with E-state index >= 15 is 0 Å². The van der Waals surface area contributed by atoms with Gasteiger partial charge in [-0.1, -0.05) is 31.9 Å². The van der Waals surface area contributed by atoms with Gasteiger partial charge in [0.25, 0.3) is 0 Å². The molecule has 1 fully saturated rings. The monoisotopic (exact) mass is 296 g/mol. The molecule has 1 aliphatic rings. The third-order valence-corrected chi connectivity index (χ3v) is 5.38. The van der Waals surface area contributed by atoms with Gasteiger partial charge in [-0.25, -0.2) is 13.1 Å². The molecule has 1 saturated carbocycles. The van der Waals surface area contributed by atoms with Crippen LogP contribution in [0.5, 0.6) is 0 Å². The van der Waals surface area contributed by atoms with Gasteiger partial charge in [-0.3, -0.25) is 0 Å². The highest BCUT2D eigenvalue weighted by Gasteiger charge is 2.30. The van der Waals surface area contributed by atoms with E-state index in [0.29, 0.717) is 17.1 Å². The molecule has 0 aliphatic heterocycles. The molecule has 1 aromatic rings. The first kappa shape index (κ1) is 15.3. The predicted molar refractivity (Wildman–Crippen MR) is 82.4 cm³/mol. The second-order valence-electron chi connectivity index (χ2n) is 5.79. The number of benzene rings is 1. The van der Waals surface area contributed by atoms with Gasteiger partial charge < -0.3 is 5.32 Å². The molecule has 2 rings (SSSR count). The van der Waals surface area contributed by atoms with Crippen LogP contribution in [0.2, 0.25) is 0 Å². The molecular weight excluding hydrogens is 272 g/mol. The lowest BCUT2D eigenvalue weighted by molar-refractivity contribution is 0.531. The second kappa shape index (κ2) is 6.14. The lowest BCUT2D eigenvalue weighted by atomic mass is 10.0. The fourth-order valence-corrected chi connectivity index (χ4v) is 4.02. The maximum atomic E-state index is 12.3. The molecule has 0 heterocycles. The number of hydrogen-bond acceptors (Lipinski definition) is 3. The molecule has 0 saturated heterocycles. The van der Waals surface area contributed by atoms with Gasteiger partial charge >= 0.3 is 0 Å². The van der Waals surface area contributed by atoms with Crippen molar-refractivity contribution in [2.45, 2.75) is 56.4 Å². The van der Waals surface area contributed by atoms with Crippen molar-refractivity contribution >= 4 is 15.7 Å². The van der Waals surface area contributed by atoms with E-state index in [4.69, 9.17) is 0 Å². The zero-order valence-corrected chi connectivity index (χ0v) is 13.1. The number of sulfonamides is 1. The summed E-state index contributed by atoms with van der Waals surface area (Å²) in [7, 11) is -3.43. The van der Waals surface area contributed by atoms with Crippen molar-refractivity contribution in [3.05, 3.63) is 24.3 Å². The van der Waals surface area contributed by atoms with E-state index in [2.05, 4.69) is 17.0 Å². The topological polar surface area (TPSA) is 58.2 Å². The molecule has 0 atom stereocenters. The van der Waals surface area contributed by atoms with E-state index in [1.54, 1.807) is 12.1 Å². The minimum Gasteiger partial charge on any atom is -0.379 e. The average Bonchev–Trinajstić information content (AvgIpc) is 2.83. The first-order valence-electron chi connectivity index (χ1n) is 7.34. The van der Waals surface area contributed by atoms with Crippen molar-refractivity contribution in [2.24, 2.45) is 0 Å². The van der Waals surface area contributed by atoms with Crippen LogP contribution in [0.15, 0.2) is 29.2 Å². The van der Waals surface area contributed by atoms with Crippen LogP contribution in [0.1, 0.15) is 46.0 Å². The van der Waals surface area contributed by atoms with Gasteiger partial charge in [0.15, 0.2) is 0 Å². The van der Waals surface area contributed by atoms with Gasteiger partial charge in [-0.2, -0.15) is 0 Å². The first-order valence-corrected chi connectivity index (χ1v) is 8.82. The lowest BCUT2D eigenvalue weighted by Crippen LogP contribution is -2.32. The molecule has 112 valence electrons. The normalized spacial score (nSPS) is 18.1. The van der Waals surface area contributed by atoms with Crippen molar-refractivity contribution in [1.29, 1.82) is 0 Å². The van der Waals surface area contributed by atoms with E-state index in [0.717, 1.165) is 19.3 Å². The summed E-state index contributed by atoms with van der Waals surface area (Å²) < 4.78 is 27.3. The van der Waals surface area contributed by atoms with E-state index in [1.165, 1.54) is 12.8 Å². The highest BCUT2D eigenvalue weighted by atomic mass is 32.2. The molecule has 4 nitrogen and oxygen atoms in total. The number of nitrogens with one attached hydrogen (secondary N) is 2. The molecule has 0 spiro atoms. The number of hydrogen-bond donors (Lipinski definition) is 2. The van der Waals surface area contributed by atoms with Crippen LogP contribution in [0, 0.1) is 0 Å². The van der Waals surface area contributed by atoms with Crippen LogP contribution in [-0.2, 0) is 10.0 Å². The standard InChI is InChI=1S/C15H24N2O2S/c1-3-12-16-20(18,19)14-9-5-4-8-13(14)17-15(2)10-6-7-11-15/h4-5,8-9,16-17H,3,6-7,10-12H2,1-2H3. The van der Waals surface area contributed by atoms with Crippen molar-refractivity contribution < 1.29 is 8.42 Å². The Balaban J connectivity index is 2.26. The molecule has 0 amide bonds. The summed E-state index contributed by atoms with van der Waals surface area (Å²) in [6, 6.07) is 7.16. The minimum absolute atomic E-state index is 0.0103. The van der Waals surface area contributed by atoms with Gasteiger partial charge in [0.05, 0.1) is 5.69 Å². The molecule has 2 N–H and O–H groups in total. The maximum Gasteiger partial charge on any atom is 0.242 e. The Kier molecular flexibility index (Phi) is 4.70. The number of anilines is 1. The first-order chi connectivity index (χ1) is 9.47. The van der Waals surface area contributed by atoms with E-state index in [9.17, 15) is 8.42 Å². The zero-order chi connectivity index (χ0) is 14.6. The van der Waals surface area contributed by atoms with Gasteiger partial charge in [0.1, 0.15) is 4.90 Å². The summed E-state index contributed by atoms with van der Waals surface area (Å²) in [6.45, 7) is 4.59. The summed E-state index contributed by atoms with van der Waals surface area (Å²) in [5, 5.41) is 3.45. The van der Waals surface area contributed by atoms with Crippen molar-refractivity contribution in [1.82, 2.24) is 4.72 Å². The molecular formula is C15H24N2O2S. The third-order valence-electron chi connectivity index (χ3n) is 3.86. The Morgan fingerprint density at radius 2 is 1.85 bits per heavy atom. The SMILES string of the molecule is CCCNS(=O)(=O)c1ccccc1NC1(C)CCCC1. The summed E-state index contributed by atoms with van der Waals surface area (Å²) >= 11 is 0. The van der Waals surface area contributed by atoms with Crippen molar-refractivity contribution in [3.8, 4) is 0 Å². The zero-order valence-electron chi connectivity index (χ0n) is 12.3. The van der Waals surface area contributed by atoms with Gasteiger partial charge in [0.2, 0.25) is 10.0 Å². The largest absolute Gasteiger partial charge is 0.379 e. The fourth-order valence-electron chi connectivity index (χ4n) is 2.72. The number of para-hydroxylation sites is 1. The predicted octanol–water partition coefficient (Wildman–Crippen LogP) is 3.12. The lowest BCUT2D eigenvalue weighted by Gasteiger charge is -2.28. The highest BCUT2D eigenvalue weighted by Crippen LogP contribution is 2.34.